The van der Waals surface area contributed by atoms with Gasteiger partial charge in [0.1, 0.15) is 23.4 Å². The molecule has 200 valence electrons. The van der Waals surface area contributed by atoms with Gasteiger partial charge in [-0.2, -0.15) is 0 Å². The fourth-order valence-corrected chi connectivity index (χ4v) is 3.96. The molecule has 0 heterocycles. The number of hydrogen-bond donors (Lipinski definition) is 1. The number of alkyl carbamates (subject to hydrolysis) is 1. The Morgan fingerprint density at radius 2 is 1.39 bits per heavy atom. The second kappa shape index (κ2) is 12.9. The smallest absolute Gasteiger partial charge is 0.408 e. The number of hydrogen-bond acceptors (Lipinski definition) is 5. The van der Waals surface area contributed by atoms with Gasteiger partial charge in [0.25, 0.3) is 0 Å². The van der Waals surface area contributed by atoms with Crippen molar-refractivity contribution in [3.63, 3.8) is 0 Å². The fourth-order valence-electron chi connectivity index (χ4n) is 3.96. The van der Waals surface area contributed by atoms with Gasteiger partial charge in [-0.15, -0.1) is 0 Å². The molecule has 3 rings (SSSR count). The van der Waals surface area contributed by atoms with Crippen LogP contribution in [-0.4, -0.2) is 40.6 Å². The SMILES string of the molecule is CC[C@@H](C(=O)Oc1ccc(-c2ccccc2)cc1)N(Cc1ccccc1)C(=O)[C@H](C)NC(=O)OC(C)(C)C. The molecule has 3 aromatic rings. The van der Waals surface area contributed by atoms with Gasteiger partial charge in [-0.1, -0.05) is 79.7 Å². The van der Waals surface area contributed by atoms with E-state index in [4.69, 9.17) is 9.47 Å². The van der Waals surface area contributed by atoms with Gasteiger partial charge in [-0.3, -0.25) is 4.79 Å². The Labute approximate surface area is 224 Å². The van der Waals surface area contributed by atoms with E-state index < -0.39 is 35.7 Å². The topological polar surface area (TPSA) is 84.9 Å². The summed E-state index contributed by atoms with van der Waals surface area (Å²) in [5.41, 5.74) is 2.20. The van der Waals surface area contributed by atoms with Crippen LogP contribution < -0.4 is 10.1 Å². The van der Waals surface area contributed by atoms with Crippen LogP contribution in [0.25, 0.3) is 11.1 Å². The minimum absolute atomic E-state index is 0.181. The number of carbonyl (C=O) groups excluding carboxylic acids is 3. The minimum atomic E-state index is -0.916. The molecule has 0 aliphatic heterocycles. The number of benzene rings is 3. The first-order chi connectivity index (χ1) is 18.1. The number of amides is 2. The third-order valence-corrected chi connectivity index (χ3v) is 5.80. The highest BCUT2D eigenvalue weighted by atomic mass is 16.6. The van der Waals surface area contributed by atoms with E-state index in [1.165, 1.54) is 4.90 Å². The molecule has 2 atom stereocenters. The van der Waals surface area contributed by atoms with Crippen molar-refractivity contribution in [3.8, 4) is 16.9 Å². The molecule has 0 spiro atoms. The van der Waals surface area contributed by atoms with Gasteiger partial charge in [0.05, 0.1) is 0 Å². The molecule has 1 N–H and O–H groups in total. The monoisotopic (exact) mass is 516 g/mol. The third-order valence-electron chi connectivity index (χ3n) is 5.80. The molecule has 7 heteroatoms. The summed E-state index contributed by atoms with van der Waals surface area (Å²) in [5.74, 6) is -0.572. The van der Waals surface area contributed by atoms with Crippen molar-refractivity contribution in [2.75, 3.05) is 0 Å². The maximum absolute atomic E-state index is 13.6. The molecular formula is C31H36N2O5. The number of rotatable bonds is 9. The van der Waals surface area contributed by atoms with Gasteiger partial charge in [-0.05, 0) is 62.9 Å². The largest absolute Gasteiger partial charge is 0.444 e. The van der Waals surface area contributed by atoms with Crippen LogP contribution in [0.1, 0.15) is 46.6 Å². The summed E-state index contributed by atoms with van der Waals surface area (Å²) in [6.45, 7) is 8.82. The maximum atomic E-state index is 13.6. The number of nitrogens with one attached hydrogen (secondary N) is 1. The average molecular weight is 517 g/mol. The number of nitrogens with zero attached hydrogens (tertiary/aromatic N) is 1. The van der Waals surface area contributed by atoms with E-state index in [1.807, 2.05) is 79.7 Å². The average Bonchev–Trinajstić information content (AvgIpc) is 2.88. The summed E-state index contributed by atoms with van der Waals surface area (Å²) < 4.78 is 11.0. The van der Waals surface area contributed by atoms with Crippen LogP contribution in [0.2, 0.25) is 0 Å². The molecule has 0 fully saturated rings. The highest BCUT2D eigenvalue weighted by Crippen LogP contribution is 2.23. The van der Waals surface area contributed by atoms with Crippen molar-refractivity contribution < 1.29 is 23.9 Å². The normalized spacial score (nSPS) is 12.7. The molecule has 3 aromatic carbocycles. The number of ether oxygens (including phenoxy) is 2. The molecule has 0 aliphatic rings. The second-order valence-electron chi connectivity index (χ2n) is 10.1. The summed E-state index contributed by atoms with van der Waals surface area (Å²) in [6.07, 6.45) is -0.370. The zero-order chi connectivity index (χ0) is 27.7. The molecule has 38 heavy (non-hydrogen) atoms. The third kappa shape index (κ3) is 8.20. The van der Waals surface area contributed by atoms with Gasteiger partial charge in [0, 0.05) is 6.54 Å². The van der Waals surface area contributed by atoms with Crippen molar-refractivity contribution in [2.24, 2.45) is 0 Å². The van der Waals surface area contributed by atoms with Crippen molar-refractivity contribution in [2.45, 2.75) is 65.3 Å². The van der Waals surface area contributed by atoms with Gasteiger partial charge >= 0.3 is 12.1 Å². The van der Waals surface area contributed by atoms with Gasteiger partial charge in [0.2, 0.25) is 5.91 Å². The van der Waals surface area contributed by atoms with Crippen LogP contribution in [0.15, 0.2) is 84.9 Å². The zero-order valence-electron chi connectivity index (χ0n) is 22.6. The predicted octanol–water partition coefficient (Wildman–Crippen LogP) is 5.98. The molecular weight excluding hydrogens is 480 g/mol. The lowest BCUT2D eigenvalue weighted by Crippen LogP contribution is -2.53. The Morgan fingerprint density at radius 3 is 1.95 bits per heavy atom. The van der Waals surface area contributed by atoms with Crippen molar-refractivity contribution in [1.29, 1.82) is 0 Å². The summed E-state index contributed by atoms with van der Waals surface area (Å²) >= 11 is 0. The van der Waals surface area contributed by atoms with E-state index in [9.17, 15) is 14.4 Å². The molecule has 0 aromatic heterocycles. The first-order valence-electron chi connectivity index (χ1n) is 12.8. The first-order valence-corrected chi connectivity index (χ1v) is 12.8. The van der Waals surface area contributed by atoms with Crippen molar-refractivity contribution >= 4 is 18.0 Å². The zero-order valence-corrected chi connectivity index (χ0v) is 22.6. The summed E-state index contributed by atoms with van der Waals surface area (Å²) in [5, 5.41) is 2.59. The lowest BCUT2D eigenvalue weighted by molar-refractivity contribution is -0.149. The Kier molecular flexibility index (Phi) is 9.66. The van der Waals surface area contributed by atoms with Crippen molar-refractivity contribution in [1.82, 2.24) is 10.2 Å². The lowest BCUT2D eigenvalue weighted by atomic mass is 10.1. The molecule has 2 amide bonds. The second-order valence-corrected chi connectivity index (χ2v) is 10.1. The Balaban J connectivity index is 1.78. The van der Waals surface area contributed by atoms with E-state index in [0.717, 1.165) is 16.7 Å². The van der Waals surface area contributed by atoms with E-state index in [2.05, 4.69) is 5.32 Å². The summed E-state index contributed by atoms with van der Waals surface area (Å²) in [6, 6.07) is 24.8. The van der Waals surface area contributed by atoms with E-state index in [0.29, 0.717) is 12.2 Å². The predicted molar refractivity (Wildman–Crippen MR) is 147 cm³/mol. The highest BCUT2D eigenvalue weighted by molar-refractivity contribution is 5.90. The van der Waals surface area contributed by atoms with E-state index in [-0.39, 0.29) is 6.54 Å². The van der Waals surface area contributed by atoms with Crippen LogP contribution in [0, 0.1) is 0 Å². The number of carbonyl (C=O) groups is 3. The standard InChI is InChI=1S/C31H36N2O5/c1-6-27(29(35)37-26-19-17-25(18-20-26)24-15-11-8-12-16-24)33(21-23-13-9-7-10-14-23)28(34)22(2)32-30(36)38-31(3,4)5/h7-20,22,27H,6,21H2,1-5H3,(H,32,36)/t22-,27-/m0/s1. The Hall–Kier alpha value is -4.13. The summed E-state index contributed by atoms with van der Waals surface area (Å²) in [7, 11) is 0. The molecule has 7 nitrogen and oxygen atoms in total. The molecule has 0 radical (unpaired) electrons. The molecule has 0 saturated heterocycles. The molecule has 0 unspecified atom stereocenters. The van der Waals surface area contributed by atoms with Crippen LogP contribution in [0.3, 0.4) is 0 Å². The fraction of sp³-hybridized carbons (Fsp3) is 0.323. The highest BCUT2D eigenvalue weighted by Gasteiger charge is 2.34. The van der Waals surface area contributed by atoms with Crippen LogP contribution in [-0.2, 0) is 20.9 Å². The summed E-state index contributed by atoms with van der Waals surface area (Å²) in [4.78, 5) is 40.7. The molecule has 0 aliphatic carbocycles. The van der Waals surface area contributed by atoms with Crippen molar-refractivity contribution in [3.05, 3.63) is 90.5 Å². The molecule has 0 saturated carbocycles. The Morgan fingerprint density at radius 1 is 0.842 bits per heavy atom. The quantitative estimate of drug-likeness (QED) is 0.279. The van der Waals surface area contributed by atoms with Crippen LogP contribution in [0.5, 0.6) is 5.75 Å². The first kappa shape index (κ1) is 28.4. The van der Waals surface area contributed by atoms with Gasteiger partial charge < -0.3 is 19.7 Å². The van der Waals surface area contributed by atoms with Crippen LogP contribution in [0.4, 0.5) is 4.79 Å². The lowest BCUT2D eigenvalue weighted by Gasteiger charge is -2.32. The van der Waals surface area contributed by atoms with E-state index >= 15 is 0 Å². The van der Waals surface area contributed by atoms with E-state index in [1.54, 1.807) is 39.8 Å². The minimum Gasteiger partial charge on any atom is -0.444 e. The maximum Gasteiger partial charge on any atom is 0.408 e. The molecule has 0 bridgehead atoms. The van der Waals surface area contributed by atoms with Gasteiger partial charge in [-0.25, -0.2) is 9.59 Å². The van der Waals surface area contributed by atoms with Gasteiger partial charge in [0.15, 0.2) is 0 Å². The Bertz CT molecular complexity index is 1200. The van der Waals surface area contributed by atoms with Crippen LogP contribution >= 0.6 is 0 Å². The number of esters is 1.